The van der Waals surface area contributed by atoms with Gasteiger partial charge in [-0.1, -0.05) is 30.3 Å². The lowest BCUT2D eigenvalue weighted by Crippen LogP contribution is -2.44. The summed E-state index contributed by atoms with van der Waals surface area (Å²) in [6.07, 6.45) is 0.890. The lowest BCUT2D eigenvalue weighted by atomic mass is 10.1. The van der Waals surface area contributed by atoms with Gasteiger partial charge in [-0.2, -0.15) is 0 Å². The van der Waals surface area contributed by atoms with Crippen LogP contribution in [0.3, 0.4) is 0 Å². The topological polar surface area (TPSA) is 132 Å². The van der Waals surface area contributed by atoms with Gasteiger partial charge in [0.2, 0.25) is 21.9 Å². The molecule has 0 bridgehead atoms. The van der Waals surface area contributed by atoms with Gasteiger partial charge in [0.15, 0.2) is 0 Å². The molecule has 2 aliphatic rings. The summed E-state index contributed by atoms with van der Waals surface area (Å²) in [5.41, 5.74) is 2.29. The van der Waals surface area contributed by atoms with Crippen molar-refractivity contribution in [3.8, 4) is 11.3 Å². The van der Waals surface area contributed by atoms with Gasteiger partial charge < -0.3 is 20.1 Å². The highest BCUT2D eigenvalue weighted by Gasteiger charge is 2.49. The van der Waals surface area contributed by atoms with E-state index in [4.69, 9.17) is 9.47 Å². The summed E-state index contributed by atoms with van der Waals surface area (Å²) in [5, 5.41) is 5.89. The fourth-order valence-electron chi connectivity index (χ4n) is 4.28. The van der Waals surface area contributed by atoms with E-state index in [1.165, 1.54) is 19.1 Å². The zero-order valence-electron chi connectivity index (χ0n) is 18.9. The summed E-state index contributed by atoms with van der Waals surface area (Å²) in [4.78, 5) is 20.2. The van der Waals surface area contributed by atoms with Crippen LogP contribution in [0.25, 0.3) is 11.3 Å². The highest BCUT2D eigenvalue weighted by molar-refractivity contribution is 7.89. The van der Waals surface area contributed by atoms with Gasteiger partial charge in [-0.3, -0.25) is 4.79 Å². The molecule has 10 nitrogen and oxygen atoms in total. The molecule has 0 spiro atoms. The largest absolute Gasteiger partial charge is 0.371 e. The summed E-state index contributed by atoms with van der Waals surface area (Å²) >= 11 is 0. The van der Waals surface area contributed by atoms with Crippen molar-refractivity contribution in [3.63, 3.8) is 0 Å². The molecule has 4 atom stereocenters. The van der Waals surface area contributed by atoms with Crippen molar-refractivity contribution in [2.24, 2.45) is 0 Å². The number of hydrogen-bond donors (Lipinski definition) is 3. The van der Waals surface area contributed by atoms with Crippen LogP contribution < -0.4 is 15.4 Å². The number of nitrogens with zero attached hydrogens (tertiary/aromatic N) is 2. The van der Waals surface area contributed by atoms with Crippen molar-refractivity contribution < 1.29 is 22.7 Å². The second-order valence-corrected chi connectivity index (χ2v) is 10.1. The SMILES string of the molecule is CC(=O)Nc1ccc(S(=O)(=O)NC2COC3C(Nc4nccc(-c5ccccc5)n4)COC23)cc1. The number of fused-ring (bicyclic) bond motifs is 1. The number of nitrogens with one attached hydrogen (secondary N) is 3. The highest BCUT2D eigenvalue weighted by Crippen LogP contribution is 2.30. The predicted octanol–water partition coefficient (Wildman–Crippen LogP) is 2.03. The number of ether oxygens (including phenoxy) is 2. The van der Waals surface area contributed by atoms with Crippen molar-refractivity contribution in [2.45, 2.75) is 36.1 Å². The maximum atomic E-state index is 12.9. The molecule has 182 valence electrons. The monoisotopic (exact) mass is 495 g/mol. The van der Waals surface area contributed by atoms with Crippen LogP contribution in [-0.4, -0.2) is 61.8 Å². The van der Waals surface area contributed by atoms with Gasteiger partial charge in [0.25, 0.3) is 0 Å². The van der Waals surface area contributed by atoms with E-state index in [0.29, 0.717) is 18.2 Å². The summed E-state index contributed by atoms with van der Waals surface area (Å²) < 4.78 is 40.3. The number of benzene rings is 2. The summed E-state index contributed by atoms with van der Waals surface area (Å²) in [5.74, 6) is 0.221. The third kappa shape index (κ3) is 5.17. The van der Waals surface area contributed by atoms with Gasteiger partial charge in [-0.15, -0.1) is 0 Å². The first-order chi connectivity index (χ1) is 16.9. The Labute approximate surface area is 203 Å². The number of amides is 1. The van der Waals surface area contributed by atoms with E-state index < -0.39 is 22.2 Å². The minimum absolute atomic E-state index is 0.0915. The van der Waals surface area contributed by atoms with Crippen LogP contribution in [0.1, 0.15) is 6.92 Å². The molecule has 4 unspecified atom stereocenters. The number of anilines is 2. The molecular weight excluding hydrogens is 470 g/mol. The van der Waals surface area contributed by atoms with E-state index in [1.807, 2.05) is 36.4 Å². The van der Waals surface area contributed by atoms with E-state index in [0.717, 1.165) is 11.3 Å². The van der Waals surface area contributed by atoms with E-state index in [2.05, 4.69) is 25.3 Å². The number of carbonyl (C=O) groups is 1. The lowest BCUT2D eigenvalue weighted by molar-refractivity contribution is -0.114. The molecule has 2 aromatic carbocycles. The van der Waals surface area contributed by atoms with Gasteiger partial charge in [0.05, 0.1) is 35.9 Å². The molecular formula is C24H25N5O5S. The number of aromatic nitrogens is 2. The first-order valence-electron chi connectivity index (χ1n) is 11.2. The second kappa shape index (κ2) is 9.70. The third-order valence-electron chi connectivity index (χ3n) is 5.88. The first-order valence-corrected chi connectivity index (χ1v) is 12.7. The Balaban J connectivity index is 1.23. The Bertz CT molecular complexity index is 1300. The number of carbonyl (C=O) groups excluding carboxylic acids is 1. The Morgan fingerprint density at radius 3 is 2.34 bits per heavy atom. The third-order valence-corrected chi connectivity index (χ3v) is 7.39. The smallest absolute Gasteiger partial charge is 0.240 e. The maximum absolute atomic E-state index is 12.9. The average molecular weight is 496 g/mol. The molecule has 5 rings (SSSR count). The Kier molecular flexibility index (Phi) is 6.48. The second-order valence-electron chi connectivity index (χ2n) is 8.41. The average Bonchev–Trinajstić information content (AvgIpc) is 3.43. The molecule has 3 heterocycles. The number of hydrogen-bond acceptors (Lipinski definition) is 8. The molecule has 2 saturated heterocycles. The van der Waals surface area contributed by atoms with Crippen molar-refractivity contribution in [3.05, 3.63) is 66.9 Å². The molecule has 0 aliphatic carbocycles. The van der Waals surface area contributed by atoms with Crippen molar-refractivity contribution in [1.82, 2.24) is 14.7 Å². The predicted molar refractivity (Wildman–Crippen MR) is 129 cm³/mol. The Hall–Kier alpha value is -3.38. The summed E-state index contributed by atoms with van der Waals surface area (Å²) in [6, 6.07) is 16.8. The van der Waals surface area contributed by atoms with Crippen molar-refractivity contribution in [2.75, 3.05) is 23.8 Å². The van der Waals surface area contributed by atoms with Crippen LogP contribution in [0.2, 0.25) is 0 Å². The maximum Gasteiger partial charge on any atom is 0.240 e. The van der Waals surface area contributed by atoms with Crippen LogP contribution >= 0.6 is 0 Å². The van der Waals surface area contributed by atoms with Crippen molar-refractivity contribution in [1.29, 1.82) is 0 Å². The minimum Gasteiger partial charge on any atom is -0.371 e. The first kappa shape index (κ1) is 23.4. The summed E-state index contributed by atoms with van der Waals surface area (Å²) in [7, 11) is -3.81. The Morgan fingerprint density at radius 2 is 1.63 bits per heavy atom. The standard InChI is InChI=1S/C24H25N5O5S/c1-15(30)26-17-7-9-18(10-8-17)35(31,32)29-21-14-34-22-20(13-33-23(21)22)28-24-25-12-11-19(27-24)16-5-3-2-4-6-16/h2-12,20-23,29H,13-14H2,1H3,(H,26,30)(H,25,27,28). The van der Waals surface area contributed by atoms with Gasteiger partial charge in [-0.25, -0.2) is 23.1 Å². The highest BCUT2D eigenvalue weighted by atomic mass is 32.2. The number of sulfonamides is 1. The minimum atomic E-state index is -3.81. The zero-order chi connectivity index (χ0) is 24.4. The van der Waals surface area contributed by atoms with E-state index in [1.54, 1.807) is 18.3 Å². The van der Waals surface area contributed by atoms with Crippen LogP contribution in [-0.2, 0) is 24.3 Å². The lowest BCUT2D eigenvalue weighted by Gasteiger charge is -2.18. The molecule has 0 radical (unpaired) electrons. The Morgan fingerprint density at radius 1 is 0.943 bits per heavy atom. The summed E-state index contributed by atoms with van der Waals surface area (Å²) in [6.45, 7) is 1.90. The molecule has 3 N–H and O–H groups in total. The van der Waals surface area contributed by atoms with Gasteiger partial charge in [0.1, 0.15) is 12.2 Å². The van der Waals surface area contributed by atoms with Gasteiger partial charge in [-0.05, 0) is 30.3 Å². The zero-order valence-corrected chi connectivity index (χ0v) is 19.7. The molecule has 1 amide bonds. The molecule has 0 saturated carbocycles. The van der Waals surface area contributed by atoms with Crippen LogP contribution in [0.5, 0.6) is 0 Å². The van der Waals surface area contributed by atoms with E-state index >= 15 is 0 Å². The normalized spacial score (nSPS) is 23.6. The fraction of sp³-hybridized carbons (Fsp3) is 0.292. The van der Waals surface area contributed by atoms with E-state index in [-0.39, 0.29) is 29.6 Å². The number of rotatable bonds is 7. The molecule has 2 aliphatic heterocycles. The molecule has 1 aromatic heterocycles. The molecule has 2 fully saturated rings. The van der Waals surface area contributed by atoms with Crippen LogP contribution in [0, 0.1) is 0 Å². The molecule has 3 aromatic rings. The van der Waals surface area contributed by atoms with Gasteiger partial charge in [0, 0.05) is 24.4 Å². The van der Waals surface area contributed by atoms with Crippen LogP contribution in [0.4, 0.5) is 11.6 Å². The van der Waals surface area contributed by atoms with Crippen molar-refractivity contribution >= 4 is 27.6 Å². The van der Waals surface area contributed by atoms with Gasteiger partial charge >= 0.3 is 0 Å². The van der Waals surface area contributed by atoms with E-state index in [9.17, 15) is 13.2 Å². The fourth-order valence-corrected chi connectivity index (χ4v) is 5.51. The molecule has 35 heavy (non-hydrogen) atoms. The quantitative estimate of drug-likeness (QED) is 0.454. The van der Waals surface area contributed by atoms with Crippen LogP contribution in [0.15, 0.2) is 71.8 Å². The molecule has 11 heteroatoms.